The Balaban J connectivity index is -0.0000000274. The molecular formula is C12H72B4N36O12. The average Bonchev–Trinajstić information content (AvgIpc) is 2.83. The molecule has 0 amide bonds. The molecule has 0 fully saturated rings. The van der Waals surface area contributed by atoms with Gasteiger partial charge in [0.15, 0.2) is 0 Å². The topological polar surface area (TPSA) is 1210 Å². The second-order valence-corrected chi connectivity index (χ2v) is 7.15. The molecule has 0 aliphatic heterocycles. The van der Waals surface area contributed by atoms with Crippen molar-refractivity contribution < 1.29 is 125 Å². The van der Waals surface area contributed by atoms with Crippen molar-refractivity contribution >= 4 is 101 Å². The third-order valence-electron chi connectivity index (χ3n) is 0. The molecule has 64 heavy (non-hydrogen) atoms. The molecule has 0 bridgehead atoms. The lowest BCUT2D eigenvalue weighted by Gasteiger charge is -2.35. The Bertz CT molecular complexity index is 781. The van der Waals surface area contributed by atoms with E-state index in [4.69, 9.17) is 60.3 Å². The fourth-order valence-electron chi connectivity index (χ4n) is 0. The van der Waals surface area contributed by atoms with E-state index in [-0.39, 0.29) is 71.5 Å². The highest BCUT2D eigenvalue weighted by Gasteiger charge is 1.67. The molecule has 0 heterocycles. The van der Waals surface area contributed by atoms with E-state index >= 15 is 0 Å². The van der Waals surface area contributed by atoms with Crippen molar-refractivity contribution in [2.45, 2.75) is 0 Å². The van der Waals surface area contributed by atoms with E-state index in [1.807, 2.05) is 0 Å². The first-order chi connectivity index (χ1) is 27.7. The minimum absolute atomic E-state index is 0.0833. The second-order valence-electron chi connectivity index (χ2n) is 7.15. The van der Waals surface area contributed by atoms with Gasteiger partial charge in [0.1, 0.15) is 0 Å². The second kappa shape index (κ2) is 99.7. The summed E-state index contributed by atoms with van der Waals surface area (Å²) >= 11 is 0. The highest BCUT2D eigenvalue weighted by Crippen LogP contribution is 1.01. The minimum Gasteiger partial charge on any atom is -0.907 e. The lowest BCUT2D eigenvalue weighted by molar-refractivity contribution is -0.481. The van der Waals surface area contributed by atoms with Crippen LogP contribution in [0.2, 0.25) is 0 Å². The molecular weight excluding hydrogens is 884 g/mol. The third-order valence-corrected chi connectivity index (χ3v) is 0. The summed E-state index contributed by atoms with van der Waals surface area (Å²) in [5.41, 5.74) is 110. The quantitative estimate of drug-likeness (QED) is 0.0609. The number of hydrogen-bond acceptors (Lipinski definition) is 12. The van der Waals surface area contributed by atoms with Crippen LogP contribution < -0.4 is 263 Å². The number of hydrogen-bond donors (Lipinski definition) is 36. The Morgan fingerprint density at radius 3 is 0.156 bits per heavy atom. The predicted octanol–water partition coefficient (Wildman–Crippen LogP) is -51.6. The molecule has 384 valence electrons. The molecule has 0 radical (unpaired) electrons. The summed E-state index contributed by atoms with van der Waals surface area (Å²) in [4.78, 5) is 0. The van der Waals surface area contributed by atoms with Gasteiger partial charge in [-0.15, -0.1) is 0 Å². The highest BCUT2D eigenvalue weighted by atomic mass is 16.5. The van der Waals surface area contributed by atoms with Gasteiger partial charge < -0.3 is 60.3 Å². The third kappa shape index (κ3) is 1780. The maximum Gasteiger partial charge on any atom is 0.336 e. The van der Waals surface area contributed by atoms with Crippen LogP contribution in [0.25, 0.3) is 0 Å². The molecule has 0 rings (SSSR count). The molecule has 48 nitrogen and oxygen atoms in total. The first-order valence-corrected chi connectivity index (χ1v) is 13.2. The predicted molar refractivity (Wildman–Crippen MR) is 207 cm³/mol. The van der Waals surface area contributed by atoms with Crippen LogP contribution in [0.3, 0.4) is 0 Å². The van der Waals surface area contributed by atoms with Gasteiger partial charge in [0.05, 0.1) is 0 Å². The minimum atomic E-state index is -2.92. The van der Waals surface area contributed by atoms with Gasteiger partial charge >= 0.3 is 71.5 Å². The Morgan fingerprint density at radius 1 is 0.156 bits per heavy atom. The Kier molecular flexibility index (Phi) is 164. The number of rotatable bonds is 0. The largest absolute Gasteiger partial charge is 0.907 e. The molecule has 0 aromatic rings. The zero-order chi connectivity index (χ0) is 57.2. The van der Waals surface area contributed by atoms with Gasteiger partial charge in [-0.2, -0.15) is 0 Å². The number of guanidine groups is 12. The van der Waals surface area contributed by atoms with Crippen LogP contribution in [0.1, 0.15) is 0 Å². The van der Waals surface area contributed by atoms with E-state index in [9.17, 15) is 0 Å². The Morgan fingerprint density at radius 2 is 0.156 bits per heavy atom. The fraction of sp³-hybridized carbons (Fsp3) is 0. The van der Waals surface area contributed by atoms with Gasteiger partial charge in [0.25, 0.3) is 0 Å². The van der Waals surface area contributed by atoms with Gasteiger partial charge in [-0.3, -0.25) is 232 Å². The van der Waals surface area contributed by atoms with Crippen molar-refractivity contribution in [3.63, 3.8) is 0 Å². The normalized spacial score (nSPS) is 6.19. The summed E-state index contributed by atoms with van der Waals surface area (Å²) in [5.74, 6) is -1.000. The zero-order valence-electron chi connectivity index (χ0n) is 34.0. The summed E-state index contributed by atoms with van der Waals surface area (Å²) in [7, 11) is -11.7. The first-order valence-electron chi connectivity index (χ1n) is 13.2. The first kappa shape index (κ1) is 105. The summed E-state index contributed by atoms with van der Waals surface area (Å²) in [6.45, 7) is 0. The van der Waals surface area contributed by atoms with Crippen molar-refractivity contribution in [2.75, 3.05) is 0 Å². The van der Waals surface area contributed by atoms with Crippen molar-refractivity contribution in [2.24, 2.45) is 138 Å². The maximum absolute atomic E-state index is 8.42. The van der Waals surface area contributed by atoms with Gasteiger partial charge in [-0.25, -0.2) is 0 Å². The van der Waals surface area contributed by atoms with Crippen LogP contribution in [0, 0.1) is 0 Å². The van der Waals surface area contributed by atoms with Crippen LogP contribution in [0.5, 0.6) is 0 Å². The molecule has 0 atom stereocenters. The molecule has 0 saturated carbocycles. The molecule has 0 aliphatic rings. The molecule has 0 aliphatic carbocycles. The zero-order valence-corrected chi connectivity index (χ0v) is 34.0. The van der Waals surface area contributed by atoms with Crippen molar-refractivity contribution in [3.05, 3.63) is 0 Å². The summed E-state index contributed by atoms with van der Waals surface area (Å²) in [6.07, 6.45) is 0. The van der Waals surface area contributed by atoms with E-state index in [2.05, 4.69) is 203 Å². The van der Waals surface area contributed by atoms with Crippen molar-refractivity contribution in [1.82, 2.24) is 0 Å². The van der Waals surface area contributed by atoms with Gasteiger partial charge in [-0.1, -0.05) is 0 Å². The van der Waals surface area contributed by atoms with Crippen LogP contribution in [0.15, 0.2) is 0 Å². The molecule has 0 saturated heterocycles. The van der Waals surface area contributed by atoms with Gasteiger partial charge in [0.2, 0.25) is 0 Å². The fourth-order valence-corrected chi connectivity index (χ4v) is 0. The average molecular weight is 956 g/mol. The standard InChI is InChI=1S/12CH5N3.4BO3/c16*2-1(3)4/h12*(H5,2,3,4);;;;/q;;;;;;;;;;;;4*-3/p+12. The van der Waals surface area contributed by atoms with Crippen molar-refractivity contribution in [1.29, 1.82) is 0 Å². The van der Waals surface area contributed by atoms with E-state index in [1.165, 1.54) is 0 Å². The Hall–Kier alpha value is -8.98. The SMILES string of the molecule is NC(N)=[NH2+].NC(N)=[NH2+].NC(N)=[NH2+].NC(N)=[NH2+].NC(N)=[NH2+].NC(N)=[NH2+].NC(N)=[NH2+].NC(N)=[NH2+].NC(N)=[NH2+].NC(N)=[NH2+].NC(N)=[NH2+].NC(N)=[NH2+].[O-]B([O-])[O-].[O-]B([O-])[O-].[O-]B([O-])[O-].[O-]B([O-])[O-]. The lowest BCUT2D eigenvalue weighted by Crippen LogP contribution is -2.56. The molecule has 0 unspecified atom stereocenters. The van der Waals surface area contributed by atoms with Crippen LogP contribution in [-0.4, -0.2) is 101 Å². The monoisotopic (exact) mass is 957 g/mol. The summed E-state index contributed by atoms with van der Waals surface area (Å²) in [5, 5.41) is 156. The van der Waals surface area contributed by atoms with E-state index in [0.29, 0.717) is 0 Å². The van der Waals surface area contributed by atoms with E-state index in [0.717, 1.165) is 0 Å². The molecule has 52 heteroatoms. The molecule has 0 aromatic carbocycles. The highest BCUT2D eigenvalue weighted by molar-refractivity contribution is 6.24. The molecule has 0 aromatic heterocycles. The van der Waals surface area contributed by atoms with E-state index < -0.39 is 29.3 Å². The Labute approximate surface area is 363 Å². The molecule has 0 spiro atoms. The van der Waals surface area contributed by atoms with Crippen LogP contribution >= 0.6 is 0 Å². The van der Waals surface area contributed by atoms with E-state index in [1.54, 1.807) is 0 Å². The van der Waals surface area contributed by atoms with Crippen molar-refractivity contribution in [3.8, 4) is 0 Å². The van der Waals surface area contributed by atoms with Gasteiger partial charge in [0, 0.05) is 0 Å². The summed E-state index contributed by atoms with van der Waals surface area (Å²) in [6, 6.07) is 0. The molecule has 72 N–H and O–H groups in total. The van der Waals surface area contributed by atoms with Crippen LogP contribution in [0.4, 0.5) is 0 Å². The summed E-state index contributed by atoms with van der Waals surface area (Å²) < 4.78 is 0. The van der Waals surface area contributed by atoms with Gasteiger partial charge in [-0.05, 0) is 0 Å². The smallest absolute Gasteiger partial charge is 0.336 e. The maximum atomic E-state index is 8.42. The lowest BCUT2D eigenvalue weighted by atomic mass is 10.3. The van der Waals surface area contributed by atoms with Crippen LogP contribution in [-0.2, 0) is 0 Å². The number of nitrogens with two attached hydrogens (primary N) is 36.